The van der Waals surface area contributed by atoms with E-state index in [1.54, 1.807) is 0 Å². The van der Waals surface area contributed by atoms with Crippen molar-refractivity contribution in [3.63, 3.8) is 0 Å². The minimum Gasteiger partial charge on any atom is -0.462 e. The minimum absolute atomic E-state index is 0.0629. The van der Waals surface area contributed by atoms with Crippen LogP contribution in [0.15, 0.2) is 0 Å². The average molecular weight is 892 g/mol. The number of hydrogen-bond acceptors (Lipinski definition) is 6. The molecule has 0 amide bonds. The molecular weight excluding hydrogens is 781 g/mol. The van der Waals surface area contributed by atoms with Gasteiger partial charge in [0.1, 0.15) is 13.2 Å². The Morgan fingerprint density at radius 1 is 0.333 bits per heavy atom. The van der Waals surface area contributed by atoms with Crippen molar-refractivity contribution in [2.75, 3.05) is 13.2 Å². The lowest BCUT2D eigenvalue weighted by Gasteiger charge is -2.18. The van der Waals surface area contributed by atoms with Crippen molar-refractivity contribution in [2.24, 2.45) is 11.8 Å². The molecule has 0 rings (SSSR count). The lowest BCUT2D eigenvalue weighted by molar-refractivity contribution is -0.167. The highest BCUT2D eigenvalue weighted by Crippen LogP contribution is 2.18. The van der Waals surface area contributed by atoms with Crippen LogP contribution in [0.4, 0.5) is 0 Å². The van der Waals surface area contributed by atoms with Crippen molar-refractivity contribution in [1.82, 2.24) is 0 Å². The number of carbonyl (C=O) groups is 3. The summed E-state index contributed by atoms with van der Waals surface area (Å²) in [7, 11) is 0. The Hall–Kier alpha value is -1.59. The summed E-state index contributed by atoms with van der Waals surface area (Å²) >= 11 is 0. The second-order valence-corrected chi connectivity index (χ2v) is 20.3. The van der Waals surface area contributed by atoms with Gasteiger partial charge in [-0.25, -0.2) is 0 Å². The Morgan fingerprint density at radius 2 is 0.603 bits per heavy atom. The number of esters is 3. The van der Waals surface area contributed by atoms with Crippen molar-refractivity contribution in [1.29, 1.82) is 0 Å². The van der Waals surface area contributed by atoms with E-state index in [0.717, 1.165) is 69.6 Å². The van der Waals surface area contributed by atoms with Crippen LogP contribution in [0.2, 0.25) is 0 Å². The van der Waals surface area contributed by atoms with Gasteiger partial charge in [0.05, 0.1) is 0 Å². The van der Waals surface area contributed by atoms with Crippen LogP contribution in [-0.4, -0.2) is 37.2 Å². The van der Waals surface area contributed by atoms with E-state index in [1.165, 1.54) is 205 Å². The highest BCUT2D eigenvalue weighted by molar-refractivity contribution is 5.71. The van der Waals surface area contributed by atoms with Gasteiger partial charge in [0, 0.05) is 19.3 Å². The molecule has 0 fully saturated rings. The molecule has 0 N–H and O–H groups in total. The molecule has 374 valence electrons. The fourth-order valence-corrected chi connectivity index (χ4v) is 8.66. The van der Waals surface area contributed by atoms with E-state index in [-0.39, 0.29) is 31.1 Å². The maximum Gasteiger partial charge on any atom is 0.306 e. The van der Waals surface area contributed by atoms with Gasteiger partial charge in [-0.1, -0.05) is 279 Å². The molecule has 0 saturated heterocycles. The van der Waals surface area contributed by atoms with Gasteiger partial charge in [0.15, 0.2) is 6.10 Å². The van der Waals surface area contributed by atoms with E-state index in [1.807, 2.05) is 0 Å². The Balaban J connectivity index is 4.22. The standard InChI is InChI=1S/C57H110O6/c1-6-8-9-10-11-25-32-37-42-47-55(58)61-50-54(63-57(60)49-44-39-34-29-24-20-16-15-18-22-27-31-36-41-46-53(5)7-2)51-62-56(59)48-43-38-33-28-23-19-14-12-13-17-21-26-30-35-40-45-52(3)4/h52-54H,6-51H2,1-5H3/t53?,54-/m0/s1. The van der Waals surface area contributed by atoms with Crippen LogP contribution in [0.25, 0.3) is 0 Å². The molecule has 0 bridgehead atoms. The lowest BCUT2D eigenvalue weighted by Crippen LogP contribution is -2.30. The summed E-state index contributed by atoms with van der Waals surface area (Å²) in [5.74, 6) is 0.900. The maximum atomic E-state index is 12.8. The maximum absolute atomic E-state index is 12.8. The normalized spacial score (nSPS) is 12.5. The van der Waals surface area contributed by atoms with Crippen LogP contribution in [-0.2, 0) is 28.6 Å². The molecule has 0 radical (unpaired) electrons. The van der Waals surface area contributed by atoms with Gasteiger partial charge in [-0.3, -0.25) is 14.4 Å². The van der Waals surface area contributed by atoms with Crippen LogP contribution in [0.3, 0.4) is 0 Å². The quantitative estimate of drug-likeness (QED) is 0.0344. The molecule has 0 aromatic heterocycles. The Bertz CT molecular complexity index is 964. The van der Waals surface area contributed by atoms with Gasteiger partial charge in [-0.2, -0.15) is 0 Å². The monoisotopic (exact) mass is 891 g/mol. The number of carbonyl (C=O) groups excluding carboxylic acids is 3. The van der Waals surface area contributed by atoms with Gasteiger partial charge in [0.2, 0.25) is 0 Å². The lowest BCUT2D eigenvalue weighted by atomic mass is 9.99. The topological polar surface area (TPSA) is 78.9 Å². The second-order valence-electron chi connectivity index (χ2n) is 20.3. The highest BCUT2D eigenvalue weighted by atomic mass is 16.6. The van der Waals surface area contributed by atoms with Gasteiger partial charge in [-0.05, 0) is 31.1 Å². The zero-order valence-electron chi connectivity index (χ0n) is 43.2. The van der Waals surface area contributed by atoms with Crippen LogP contribution in [0.5, 0.6) is 0 Å². The smallest absolute Gasteiger partial charge is 0.306 e. The third-order valence-electron chi connectivity index (χ3n) is 13.3. The molecule has 6 heteroatoms. The first-order chi connectivity index (χ1) is 30.8. The molecule has 6 nitrogen and oxygen atoms in total. The Kier molecular flexibility index (Phi) is 48.6. The molecule has 0 saturated carbocycles. The van der Waals surface area contributed by atoms with E-state index in [4.69, 9.17) is 14.2 Å². The third kappa shape index (κ3) is 49.7. The number of ether oxygens (including phenoxy) is 3. The third-order valence-corrected chi connectivity index (χ3v) is 13.3. The van der Waals surface area contributed by atoms with E-state index < -0.39 is 6.10 Å². The molecule has 0 aliphatic carbocycles. The molecule has 0 aliphatic rings. The first-order valence-corrected chi connectivity index (χ1v) is 28.3. The Morgan fingerprint density at radius 3 is 0.905 bits per heavy atom. The molecule has 0 spiro atoms. The van der Waals surface area contributed by atoms with Gasteiger partial charge < -0.3 is 14.2 Å². The predicted molar refractivity (Wildman–Crippen MR) is 270 cm³/mol. The molecule has 2 atom stereocenters. The van der Waals surface area contributed by atoms with Gasteiger partial charge in [0.25, 0.3) is 0 Å². The highest BCUT2D eigenvalue weighted by Gasteiger charge is 2.19. The van der Waals surface area contributed by atoms with Crippen LogP contribution < -0.4 is 0 Å². The molecule has 1 unspecified atom stereocenters. The van der Waals surface area contributed by atoms with Gasteiger partial charge in [-0.15, -0.1) is 0 Å². The Labute approximate surface area is 393 Å². The van der Waals surface area contributed by atoms with E-state index in [0.29, 0.717) is 19.3 Å². The molecule has 0 heterocycles. The van der Waals surface area contributed by atoms with Crippen molar-refractivity contribution in [2.45, 2.75) is 323 Å². The molecular formula is C57H110O6. The predicted octanol–water partition coefficient (Wildman–Crippen LogP) is 18.5. The van der Waals surface area contributed by atoms with Gasteiger partial charge >= 0.3 is 17.9 Å². The molecule has 63 heavy (non-hydrogen) atoms. The number of rotatable bonds is 51. The van der Waals surface area contributed by atoms with Crippen LogP contribution in [0.1, 0.15) is 317 Å². The first kappa shape index (κ1) is 61.4. The van der Waals surface area contributed by atoms with Crippen LogP contribution >= 0.6 is 0 Å². The zero-order chi connectivity index (χ0) is 46.1. The largest absolute Gasteiger partial charge is 0.462 e. The van der Waals surface area contributed by atoms with Crippen molar-refractivity contribution < 1.29 is 28.6 Å². The van der Waals surface area contributed by atoms with E-state index >= 15 is 0 Å². The summed E-state index contributed by atoms with van der Waals surface area (Å²) in [6, 6.07) is 0. The minimum atomic E-state index is -0.761. The summed E-state index contributed by atoms with van der Waals surface area (Å²) in [6.45, 7) is 11.4. The molecule has 0 aromatic rings. The van der Waals surface area contributed by atoms with E-state index in [2.05, 4.69) is 34.6 Å². The van der Waals surface area contributed by atoms with Crippen molar-refractivity contribution in [3.8, 4) is 0 Å². The van der Waals surface area contributed by atoms with Crippen LogP contribution in [0, 0.1) is 11.8 Å². The molecule has 0 aromatic carbocycles. The SMILES string of the molecule is CCCCCCCCCCCC(=O)OC[C@@H](COC(=O)CCCCCCCCCCCCCCCCCC(C)C)OC(=O)CCCCCCCCCCCCCCCCC(C)CC. The summed E-state index contributed by atoms with van der Waals surface area (Å²) < 4.78 is 16.8. The van der Waals surface area contributed by atoms with E-state index in [9.17, 15) is 14.4 Å². The summed E-state index contributed by atoms with van der Waals surface area (Å²) in [5.41, 5.74) is 0. The molecule has 0 aliphatic heterocycles. The first-order valence-electron chi connectivity index (χ1n) is 28.3. The van der Waals surface area contributed by atoms with Crippen molar-refractivity contribution >= 4 is 17.9 Å². The second kappa shape index (κ2) is 49.8. The fourth-order valence-electron chi connectivity index (χ4n) is 8.66. The average Bonchev–Trinajstić information content (AvgIpc) is 3.27. The zero-order valence-corrected chi connectivity index (χ0v) is 43.2. The summed E-state index contributed by atoms with van der Waals surface area (Å²) in [4.78, 5) is 38.0. The van der Waals surface area contributed by atoms with Crippen molar-refractivity contribution in [3.05, 3.63) is 0 Å². The summed E-state index contributed by atoms with van der Waals surface area (Å²) in [5, 5.41) is 0. The number of hydrogen-bond donors (Lipinski definition) is 0. The number of unbranched alkanes of at least 4 members (excludes halogenated alkanes) is 35. The fraction of sp³-hybridized carbons (Fsp3) is 0.947. The summed E-state index contributed by atoms with van der Waals surface area (Å²) in [6.07, 6.45) is 52.3.